The summed E-state index contributed by atoms with van der Waals surface area (Å²) in [5.41, 5.74) is 4.54. The number of nitrogens with zero attached hydrogens (tertiary/aromatic N) is 1. The van der Waals surface area contributed by atoms with Gasteiger partial charge in [-0.25, -0.2) is 9.59 Å². The second-order valence-electron chi connectivity index (χ2n) is 11.4. The van der Waals surface area contributed by atoms with E-state index in [4.69, 9.17) is 14.2 Å². The van der Waals surface area contributed by atoms with Crippen LogP contribution in [0.4, 0.5) is 0 Å². The summed E-state index contributed by atoms with van der Waals surface area (Å²) in [6.45, 7) is 6.61. The number of para-hydroxylation sites is 1. The third-order valence-corrected chi connectivity index (χ3v) is 7.46. The van der Waals surface area contributed by atoms with Crippen molar-refractivity contribution in [3.8, 4) is 17.0 Å². The summed E-state index contributed by atoms with van der Waals surface area (Å²) in [6, 6.07) is 14.1. The van der Waals surface area contributed by atoms with E-state index in [1.165, 1.54) is 43.4 Å². The largest absolute Gasteiger partial charge is 0.492 e. The maximum Gasteiger partial charge on any atom is 0.337 e. The fraction of sp³-hybridized carbons (Fsp3) is 0.438. The van der Waals surface area contributed by atoms with Crippen LogP contribution in [0, 0.1) is 5.92 Å². The molecule has 38 heavy (non-hydrogen) atoms. The van der Waals surface area contributed by atoms with Crippen molar-refractivity contribution in [2.75, 3.05) is 13.7 Å². The zero-order valence-corrected chi connectivity index (χ0v) is 22.8. The van der Waals surface area contributed by atoms with Crippen LogP contribution in [0.2, 0.25) is 0 Å². The number of methoxy groups -OCH3 is 1. The molecule has 0 saturated heterocycles. The van der Waals surface area contributed by atoms with Gasteiger partial charge in [0.15, 0.2) is 0 Å². The number of benzene rings is 2. The molecule has 2 heterocycles. The Morgan fingerprint density at radius 3 is 2.55 bits per heavy atom. The molecule has 1 saturated carbocycles. The van der Waals surface area contributed by atoms with Gasteiger partial charge in [-0.2, -0.15) is 0 Å². The van der Waals surface area contributed by atoms with Gasteiger partial charge >= 0.3 is 11.9 Å². The lowest BCUT2D eigenvalue weighted by molar-refractivity contribution is -0.148. The predicted molar refractivity (Wildman–Crippen MR) is 149 cm³/mol. The van der Waals surface area contributed by atoms with Gasteiger partial charge in [-0.05, 0) is 69.4 Å². The monoisotopic (exact) mass is 515 g/mol. The lowest BCUT2D eigenvalue weighted by Gasteiger charge is -2.27. The average molecular weight is 516 g/mol. The molecular weight excluding hydrogens is 478 g/mol. The summed E-state index contributed by atoms with van der Waals surface area (Å²) in [7, 11) is 1.41. The van der Waals surface area contributed by atoms with Crippen LogP contribution in [0.3, 0.4) is 0 Å². The van der Waals surface area contributed by atoms with Gasteiger partial charge in [0.25, 0.3) is 0 Å². The minimum Gasteiger partial charge on any atom is -0.492 e. The van der Waals surface area contributed by atoms with Gasteiger partial charge in [0, 0.05) is 35.0 Å². The molecule has 0 radical (unpaired) electrons. The topological polar surface area (TPSA) is 66.8 Å². The average Bonchev–Trinajstić information content (AvgIpc) is 3.20. The van der Waals surface area contributed by atoms with Gasteiger partial charge < -0.3 is 18.8 Å². The van der Waals surface area contributed by atoms with Gasteiger partial charge in [-0.1, -0.05) is 43.5 Å². The van der Waals surface area contributed by atoms with Gasteiger partial charge in [-0.15, -0.1) is 0 Å². The van der Waals surface area contributed by atoms with Gasteiger partial charge in [0.2, 0.25) is 0 Å². The summed E-state index contributed by atoms with van der Waals surface area (Å²) in [6.07, 6.45) is 9.41. The van der Waals surface area contributed by atoms with Crippen LogP contribution in [0.15, 0.2) is 54.6 Å². The van der Waals surface area contributed by atoms with Crippen LogP contribution >= 0.6 is 0 Å². The molecule has 5 rings (SSSR count). The molecule has 1 unspecified atom stereocenters. The highest BCUT2D eigenvalue weighted by molar-refractivity contribution is 5.99. The number of carbonyl (C=O) groups is 2. The van der Waals surface area contributed by atoms with Gasteiger partial charge in [0.1, 0.15) is 11.4 Å². The first kappa shape index (κ1) is 26.1. The summed E-state index contributed by atoms with van der Waals surface area (Å²) in [4.78, 5) is 25.0. The van der Waals surface area contributed by atoms with Crippen molar-refractivity contribution in [3.05, 3.63) is 65.7 Å². The fourth-order valence-corrected chi connectivity index (χ4v) is 5.84. The SMILES string of the molecule is COC(=O)c1ccc2c(C3CCCCC3)c3n(c2c1)CC(/C=C/C(=O)OC(C)(C)C)COc1ccccc1-3. The molecule has 2 aliphatic rings. The van der Waals surface area contributed by atoms with Crippen molar-refractivity contribution in [2.45, 2.75) is 70.9 Å². The molecule has 1 fully saturated rings. The van der Waals surface area contributed by atoms with Crippen LogP contribution < -0.4 is 4.74 Å². The maximum absolute atomic E-state index is 12.5. The van der Waals surface area contributed by atoms with E-state index in [0.717, 1.165) is 35.4 Å². The van der Waals surface area contributed by atoms with Crippen LogP contribution in [-0.4, -0.2) is 35.8 Å². The van der Waals surface area contributed by atoms with Gasteiger partial charge in [-0.3, -0.25) is 0 Å². The molecule has 0 amide bonds. The van der Waals surface area contributed by atoms with Crippen molar-refractivity contribution in [1.29, 1.82) is 0 Å². The number of aromatic nitrogens is 1. The molecule has 3 aromatic rings. The lowest BCUT2D eigenvalue weighted by atomic mass is 9.81. The predicted octanol–water partition coefficient (Wildman–Crippen LogP) is 7.05. The standard InChI is InChI=1S/C32H37NO5/c1-32(2,3)38-28(34)17-14-21-19-33-26-18-23(31(35)36-4)15-16-24(26)29(22-10-6-5-7-11-22)30(33)25-12-8-9-13-27(25)37-20-21/h8-9,12-18,21-22H,5-7,10-11,19-20H2,1-4H3/b17-14+. The molecule has 0 bridgehead atoms. The van der Waals surface area contributed by atoms with E-state index in [1.807, 2.05) is 51.1 Å². The maximum atomic E-state index is 12.5. The smallest absolute Gasteiger partial charge is 0.337 e. The first-order valence-corrected chi connectivity index (χ1v) is 13.6. The number of ether oxygens (including phenoxy) is 3. The molecule has 0 spiro atoms. The lowest BCUT2D eigenvalue weighted by Crippen LogP contribution is -2.23. The van der Waals surface area contributed by atoms with Crippen molar-refractivity contribution in [2.24, 2.45) is 5.92 Å². The third-order valence-electron chi connectivity index (χ3n) is 7.46. The minimum absolute atomic E-state index is 0.0776. The number of hydrogen-bond acceptors (Lipinski definition) is 5. The highest BCUT2D eigenvalue weighted by atomic mass is 16.6. The molecule has 6 nitrogen and oxygen atoms in total. The van der Waals surface area contributed by atoms with E-state index < -0.39 is 5.60 Å². The summed E-state index contributed by atoms with van der Waals surface area (Å²) in [5.74, 6) is 0.476. The molecule has 1 atom stereocenters. The van der Waals surface area contributed by atoms with Gasteiger partial charge in [0.05, 0.1) is 25.0 Å². The van der Waals surface area contributed by atoms with Crippen molar-refractivity contribution in [3.63, 3.8) is 0 Å². The zero-order valence-electron chi connectivity index (χ0n) is 22.8. The van der Waals surface area contributed by atoms with E-state index in [2.05, 4.69) is 22.8 Å². The van der Waals surface area contributed by atoms with E-state index in [0.29, 0.717) is 24.6 Å². The zero-order chi connectivity index (χ0) is 26.9. The number of carbonyl (C=O) groups excluding carboxylic acids is 2. The highest BCUT2D eigenvalue weighted by Crippen LogP contribution is 2.47. The highest BCUT2D eigenvalue weighted by Gasteiger charge is 2.30. The summed E-state index contributed by atoms with van der Waals surface area (Å²) >= 11 is 0. The van der Waals surface area contributed by atoms with Crippen LogP contribution in [0.5, 0.6) is 5.75 Å². The molecule has 1 aliphatic heterocycles. The number of fused-ring (bicyclic) bond motifs is 5. The Morgan fingerprint density at radius 1 is 1.05 bits per heavy atom. The molecule has 200 valence electrons. The van der Waals surface area contributed by atoms with Crippen LogP contribution in [0.1, 0.15) is 74.7 Å². The molecule has 2 aromatic carbocycles. The number of rotatable bonds is 4. The molecular formula is C32H37NO5. The van der Waals surface area contributed by atoms with E-state index in [-0.39, 0.29) is 17.9 Å². The normalized spacial score (nSPS) is 18.3. The molecule has 0 N–H and O–H groups in total. The Hall–Kier alpha value is -3.54. The number of esters is 2. The Balaban J connectivity index is 1.68. The van der Waals surface area contributed by atoms with E-state index in [1.54, 1.807) is 0 Å². The first-order chi connectivity index (χ1) is 18.2. The second-order valence-corrected chi connectivity index (χ2v) is 11.4. The third kappa shape index (κ3) is 5.35. The Morgan fingerprint density at radius 2 is 1.82 bits per heavy atom. The Kier molecular flexibility index (Phi) is 7.33. The van der Waals surface area contributed by atoms with E-state index >= 15 is 0 Å². The number of hydrogen-bond donors (Lipinski definition) is 0. The minimum atomic E-state index is -0.555. The van der Waals surface area contributed by atoms with Crippen LogP contribution in [0.25, 0.3) is 22.2 Å². The second kappa shape index (κ2) is 10.7. The van der Waals surface area contributed by atoms with Crippen molar-refractivity contribution >= 4 is 22.8 Å². The van der Waals surface area contributed by atoms with Crippen LogP contribution in [-0.2, 0) is 20.8 Å². The Labute approximate surface area is 224 Å². The first-order valence-electron chi connectivity index (χ1n) is 13.6. The molecule has 6 heteroatoms. The van der Waals surface area contributed by atoms with Crippen molar-refractivity contribution < 1.29 is 23.8 Å². The summed E-state index contributed by atoms with van der Waals surface area (Å²) in [5, 5.41) is 1.17. The summed E-state index contributed by atoms with van der Waals surface area (Å²) < 4.78 is 19.2. The quantitative estimate of drug-likeness (QED) is 0.275. The molecule has 1 aliphatic carbocycles. The molecule has 1 aromatic heterocycles. The Bertz CT molecular complexity index is 1370. The van der Waals surface area contributed by atoms with Crippen molar-refractivity contribution in [1.82, 2.24) is 4.57 Å². The fourth-order valence-electron chi connectivity index (χ4n) is 5.84. The van der Waals surface area contributed by atoms with E-state index in [9.17, 15) is 9.59 Å².